The second kappa shape index (κ2) is 18.9. The van der Waals surface area contributed by atoms with Gasteiger partial charge in [-0.2, -0.15) is 23.5 Å². The molecule has 0 saturated heterocycles. The van der Waals surface area contributed by atoms with Crippen LogP contribution in [0, 0.1) is 0 Å². The number of carboxylic acid groups (broad SMARTS) is 1. The summed E-state index contributed by atoms with van der Waals surface area (Å²) >= 11 is 3.00. The van der Waals surface area contributed by atoms with Gasteiger partial charge in [0.15, 0.2) is 0 Å². The van der Waals surface area contributed by atoms with Gasteiger partial charge >= 0.3 is 5.97 Å². The number of nitrogens with zero attached hydrogens (tertiary/aromatic N) is 1. The second-order valence-corrected chi connectivity index (χ2v) is 10.2. The molecule has 0 saturated carbocycles. The summed E-state index contributed by atoms with van der Waals surface area (Å²) in [6.07, 6.45) is 7.33. The molecule has 15 nitrogen and oxygen atoms in total. The Morgan fingerprint density at radius 2 is 1.41 bits per heavy atom. The van der Waals surface area contributed by atoms with E-state index in [0.29, 0.717) is 23.6 Å². The minimum absolute atomic E-state index is 0.0201. The van der Waals surface area contributed by atoms with Gasteiger partial charge in [-0.15, -0.1) is 0 Å². The number of aliphatic carboxylic acids is 1. The highest BCUT2D eigenvalue weighted by atomic mass is 32.2. The van der Waals surface area contributed by atoms with E-state index in [1.165, 1.54) is 24.3 Å². The molecule has 0 radical (unpaired) electrons. The topological polar surface area (TPSA) is 237 Å². The average molecular weight is 589 g/mol. The number of carboxylic acids is 1. The van der Waals surface area contributed by atoms with Crippen molar-refractivity contribution in [2.75, 3.05) is 43.7 Å². The zero-order valence-corrected chi connectivity index (χ0v) is 23.4. The molecule has 0 aliphatic carbocycles. The first-order chi connectivity index (χ1) is 18.6. The molecule has 9 N–H and O–H groups in total. The fraction of sp³-hybridized carbons (Fsp3) is 0.591. The SMILES string of the molecule is CSCCC(N)C(=O)NCC(=O)NC(CCSC)C(=O)NCC(=O)NC(Cc1c[nH]cn1)C(=O)NCC(=O)O. The number of imidazole rings is 1. The number of rotatable bonds is 19. The molecule has 1 aromatic rings. The Bertz CT molecular complexity index is 964. The molecule has 0 fully saturated rings. The van der Waals surface area contributed by atoms with Crippen molar-refractivity contribution in [3.63, 3.8) is 0 Å². The number of aromatic nitrogens is 2. The van der Waals surface area contributed by atoms with Crippen molar-refractivity contribution in [1.29, 1.82) is 0 Å². The lowest BCUT2D eigenvalue weighted by atomic mass is 10.1. The van der Waals surface area contributed by atoms with Gasteiger partial charge in [0.05, 0.1) is 31.2 Å². The lowest BCUT2D eigenvalue weighted by Crippen LogP contribution is -2.54. The highest BCUT2D eigenvalue weighted by molar-refractivity contribution is 7.98. The number of hydrogen-bond acceptors (Lipinski definition) is 10. The Morgan fingerprint density at radius 3 is 1.97 bits per heavy atom. The summed E-state index contributed by atoms with van der Waals surface area (Å²) in [5.74, 6) is -3.17. The molecule has 0 bridgehead atoms. The molecule has 3 unspecified atom stereocenters. The Kier molecular flexibility index (Phi) is 16.3. The fourth-order valence-corrected chi connectivity index (χ4v) is 4.03. The normalized spacial score (nSPS) is 12.9. The Balaban J connectivity index is 2.66. The monoisotopic (exact) mass is 588 g/mol. The molecule has 17 heteroatoms. The van der Waals surface area contributed by atoms with Gasteiger partial charge in [0.2, 0.25) is 29.5 Å². The molecule has 0 aromatic carbocycles. The van der Waals surface area contributed by atoms with Gasteiger partial charge < -0.3 is 42.4 Å². The summed E-state index contributed by atoms with van der Waals surface area (Å²) in [7, 11) is 0. The van der Waals surface area contributed by atoms with Crippen molar-refractivity contribution in [3.8, 4) is 0 Å². The third-order valence-corrected chi connectivity index (χ3v) is 6.40. The summed E-state index contributed by atoms with van der Waals surface area (Å²) in [6.45, 7) is -1.51. The van der Waals surface area contributed by atoms with E-state index < -0.39 is 66.7 Å². The summed E-state index contributed by atoms with van der Waals surface area (Å²) in [4.78, 5) is 79.5. The van der Waals surface area contributed by atoms with E-state index in [4.69, 9.17) is 10.8 Å². The lowest BCUT2D eigenvalue weighted by molar-refractivity contribution is -0.138. The summed E-state index contributed by atoms with van der Waals surface area (Å²) in [5, 5.41) is 20.8. The number of nitrogens with one attached hydrogen (secondary N) is 6. The predicted molar refractivity (Wildman–Crippen MR) is 147 cm³/mol. The van der Waals surface area contributed by atoms with Crippen LogP contribution >= 0.6 is 23.5 Å². The first kappa shape index (κ1) is 33.7. The van der Waals surface area contributed by atoms with Crippen molar-refractivity contribution in [2.45, 2.75) is 37.4 Å². The maximum atomic E-state index is 12.7. The molecule has 1 aromatic heterocycles. The highest BCUT2D eigenvalue weighted by Crippen LogP contribution is 2.02. The molecular weight excluding hydrogens is 552 g/mol. The van der Waals surface area contributed by atoms with Crippen LogP contribution < -0.4 is 32.3 Å². The fourth-order valence-electron chi connectivity index (χ4n) is 3.07. The van der Waals surface area contributed by atoms with Crippen LogP contribution in [0.1, 0.15) is 18.5 Å². The van der Waals surface area contributed by atoms with E-state index in [-0.39, 0.29) is 19.4 Å². The maximum Gasteiger partial charge on any atom is 0.322 e. The first-order valence-corrected chi connectivity index (χ1v) is 14.7. The molecule has 3 atom stereocenters. The first-order valence-electron chi connectivity index (χ1n) is 11.9. The minimum Gasteiger partial charge on any atom is -0.480 e. The predicted octanol–water partition coefficient (Wildman–Crippen LogP) is -2.81. The second-order valence-electron chi connectivity index (χ2n) is 8.22. The summed E-state index contributed by atoms with van der Waals surface area (Å²) in [6, 6.07) is -2.86. The van der Waals surface area contributed by atoms with E-state index in [0.717, 1.165) is 0 Å². The summed E-state index contributed by atoms with van der Waals surface area (Å²) in [5.41, 5.74) is 6.23. The lowest BCUT2D eigenvalue weighted by Gasteiger charge is -2.20. The Hall–Kier alpha value is -3.31. The van der Waals surface area contributed by atoms with Crippen LogP contribution in [0.4, 0.5) is 0 Å². The van der Waals surface area contributed by atoms with Gasteiger partial charge in [0.25, 0.3) is 0 Å². The third-order valence-electron chi connectivity index (χ3n) is 5.11. The Morgan fingerprint density at radius 1 is 0.872 bits per heavy atom. The average Bonchev–Trinajstić information content (AvgIpc) is 3.42. The van der Waals surface area contributed by atoms with Crippen LogP contribution in [0.15, 0.2) is 12.5 Å². The van der Waals surface area contributed by atoms with E-state index in [1.54, 1.807) is 11.8 Å². The molecule has 218 valence electrons. The smallest absolute Gasteiger partial charge is 0.322 e. The number of carbonyl (C=O) groups is 6. The van der Waals surface area contributed by atoms with Gasteiger partial charge in [0, 0.05) is 12.6 Å². The van der Waals surface area contributed by atoms with E-state index in [9.17, 15) is 28.8 Å². The largest absolute Gasteiger partial charge is 0.480 e. The van der Waals surface area contributed by atoms with Crippen LogP contribution in [-0.2, 0) is 35.2 Å². The number of aromatic amines is 1. The van der Waals surface area contributed by atoms with Crippen molar-refractivity contribution in [2.24, 2.45) is 5.73 Å². The third kappa shape index (κ3) is 14.4. The molecule has 39 heavy (non-hydrogen) atoms. The zero-order chi connectivity index (χ0) is 29.2. The highest BCUT2D eigenvalue weighted by Gasteiger charge is 2.25. The molecule has 5 amide bonds. The minimum atomic E-state index is -1.25. The number of nitrogens with two attached hydrogens (primary N) is 1. The number of carbonyl (C=O) groups excluding carboxylic acids is 5. The standard InChI is InChI=1S/C22H36N8O7S2/c1-38-5-3-14(23)20(35)25-9-17(31)29-15(4-6-39-2)21(36)26-10-18(32)30-16(7-13-8-24-12-28-13)22(37)27-11-19(33)34/h8,12,14-16H,3-7,9-11,23H2,1-2H3,(H,24,28)(H,25,35)(H,26,36)(H,27,37)(H,29,31)(H,30,32)(H,33,34). The van der Waals surface area contributed by atoms with Crippen molar-refractivity contribution in [1.82, 2.24) is 36.6 Å². The van der Waals surface area contributed by atoms with E-state index in [2.05, 4.69) is 36.6 Å². The van der Waals surface area contributed by atoms with E-state index in [1.807, 2.05) is 12.5 Å². The molecule has 1 heterocycles. The van der Waals surface area contributed by atoms with E-state index >= 15 is 0 Å². The van der Waals surface area contributed by atoms with Crippen molar-refractivity contribution >= 4 is 59.0 Å². The molecule has 0 spiro atoms. The molecular formula is C22H36N8O7S2. The Labute approximate surface area is 234 Å². The zero-order valence-electron chi connectivity index (χ0n) is 21.8. The van der Waals surface area contributed by atoms with Gasteiger partial charge in [-0.3, -0.25) is 28.8 Å². The van der Waals surface area contributed by atoms with Crippen LogP contribution in [0.2, 0.25) is 0 Å². The van der Waals surface area contributed by atoms with Crippen LogP contribution in [0.3, 0.4) is 0 Å². The molecule has 0 aliphatic heterocycles. The number of thioether (sulfide) groups is 2. The van der Waals surface area contributed by atoms with Crippen molar-refractivity contribution < 1.29 is 33.9 Å². The summed E-state index contributed by atoms with van der Waals surface area (Å²) < 4.78 is 0. The number of amides is 5. The van der Waals surface area contributed by atoms with Crippen LogP contribution in [0.25, 0.3) is 0 Å². The number of H-pyrrole nitrogens is 1. The number of hydrogen-bond donors (Lipinski definition) is 8. The molecule has 0 aliphatic rings. The van der Waals surface area contributed by atoms with Gasteiger partial charge in [-0.25, -0.2) is 4.98 Å². The quantitative estimate of drug-likeness (QED) is 0.0820. The van der Waals surface area contributed by atoms with Gasteiger partial charge in [0.1, 0.15) is 18.6 Å². The maximum absolute atomic E-state index is 12.7. The molecule has 1 rings (SSSR count). The van der Waals surface area contributed by atoms with Crippen LogP contribution in [0.5, 0.6) is 0 Å². The van der Waals surface area contributed by atoms with Gasteiger partial charge in [-0.1, -0.05) is 0 Å². The van der Waals surface area contributed by atoms with Crippen LogP contribution in [-0.4, -0.2) is 112 Å². The van der Waals surface area contributed by atoms with Crippen molar-refractivity contribution in [3.05, 3.63) is 18.2 Å². The van der Waals surface area contributed by atoms with Gasteiger partial charge in [-0.05, 0) is 36.9 Å².